The molecule has 0 unspecified atom stereocenters. The third-order valence-electron chi connectivity index (χ3n) is 8.54. The number of hydrogen-bond donors (Lipinski definition) is 4. The van der Waals surface area contributed by atoms with Crippen LogP contribution in [0.25, 0.3) is 10.9 Å². The monoisotopic (exact) mass is 510 g/mol. The average molecular weight is 511 g/mol. The molecule has 8 heteroatoms. The summed E-state index contributed by atoms with van der Waals surface area (Å²) in [7, 11) is 0. The van der Waals surface area contributed by atoms with Gasteiger partial charge >= 0.3 is 0 Å². The lowest BCUT2D eigenvalue weighted by Crippen LogP contribution is -2.56. The van der Waals surface area contributed by atoms with Gasteiger partial charge < -0.3 is 25.9 Å². The summed E-state index contributed by atoms with van der Waals surface area (Å²) < 4.78 is 0. The summed E-state index contributed by atoms with van der Waals surface area (Å²) in [5, 5.41) is 4.06. The van der Waals surface area contributed by atoms with E-state index in [1.165, 1.54) is 11.1 Å². The number of carbonyl (C=O) groups is 2. The second-order valence-electron chi connectivity index (χ2n) is 10.8. The summed E-state index contributed by atoms with van der Waals surface area (Å²) in [6, 6.07) is 15.3. The molecular weight excluding hydrogens is 476 g/mol. The molecule has 0 bridgehead atoms. The first-order valence-electron chi connectivity index (χ1n) is 13.5. The first kappa shape index (κ1) is 24.4. The Balaban J connectivity index is 1.19. The molecule has 3 heterocycles. The van der Waals surface area contributed by atoms with Crippen LogP contribution < -0.4 is 11.1 Å². The third-order valence-corrected chi connectivity index (χ3v) is 8.54. The van der Waals surface area contributed by atoms with Crippen molar-refractivity contribution in [3.63, 3.8) is 0 Å². The minimum Gasteiger partial charge on any atom is -0.361 e. The average Bonchev–Trinajstić information content (AvgIpc) is 3.69. The molecule has 0 radical (unpaired) electrons. The van der Waals surface area contributed by atoms with Crippen molar-refractivity contribution in [1.82, 2.24) is 25.2 Å². The zero-order chi connectivity index (χ0) is 26.1. The summed E-state index contributed by atoms with van der Waals surface area (Å²) in [5.41, 5.74) is 12.1. The fourth-order valence-corrected chi connectivity index (χ4v) is 6.38. The van der Waals surface area contributed by atoms with Gasteiger partial charge in [0.1, 0.15) is 6.04 Å². The first-order valence-corrected chi connectivity index (χ1v) is 13.5. The molecule has 1 aliphatic carbocycles. The normalized spacial score (nSPS) is 17.9. The minimum absolute atomic E-state index is 0.0431. The molecule has 2 aliphatic rings. The van der Waals surface area contributed by atoms with Crippen LogP contribution in [-0.2, 0) is 34.3 Å². The van der Waals surface area contributed by atoms with Crippen molar-refractivity contribution in [3.05, 3.63) is 89.6 Å². The number of carbonyl (C=O) groups excluding carboxylic acids is 2. The zero-order valence-corrected chi connectivity index (χ0v) is 21.5. The maximum Gasteiger partial charge on any atom is 0.245 e. The van der Waals surface area contributed by atoms with Crippen molar-refractivity contribution in [2.24, 2.45) is 5.73 Å². The lowest BCUT2D eigenvalue weighted by molar-refractivity contribution is -0.138. The van der Waals surface area contributed by atoms with E-state index in [1.54, 1.807) is 12.5 Å². The van der Waals surface area contributed by atoms with E-state index in [2.05, 4.69) is 44.5 Å². The summed E-state index contributed by atoms with van der Waals surface area (Å²) in [4.78, 5) is 39.3. The highest BCUT2D eigenvalue weighted by Gasteiger charge is 2.42. The van der Waals surface area contributed by atoms with Crippen molar-refractivity contribution in [2.75, 3.05) is 13.1 Å². The van der Waals surface area contributed by atoms with Crippen LogP contribution in [0.3, 0.4) is 0 Å². The summed E-state index contributed by atoms with van der Waals surface area (Å²) in [6.07, 6.45) is 10.0. The molecule has 6 rings (SSSR count). The number of likely N-dealkylation sites (tertiary alicyclic amines) is 1. The minimum atomic E-state index is -0.784. The number of imidazole rings is 1. The second-order valence-corrected chi connectivity index (χ2v) is 10.8. The predicted molar refractivity (Wildman–Crippen MR) is 146 cm³/mol. The van der Waals surface area contributed by atoms with Gasteiger partial charge in [-0.15, -0.1) is 0 Å². The van der Waals surface area contributed by atoms with Crippen molar-refractivity contribution >= 4 is 22.7 Å². The highest BCUT2D eigenvalue weighted by molar-refractivity contribution is 5.91. The Morgan fingerprint density at radius 1 is 1.03 bits per heavy atom. The molecule has 2 atom stereocenters. The van der Waals surface area contributed by atoms with Gasteiger partial charge in [0.25, 0.3) is 0 Å². The summed E-state index contributed by atoms with van der Waals surface area (Å²) in [5.74, 6) is -0.380. The maximum absolute atomic E-state index is 13.9. The molecule has 2 amide bonds. The van der Waals surface area contributed by atoms with Gasteiger partial charge in [-0.05, 0) is 53.9 Å². The van der Waals surface area contributed by atoms with Crippen LogP contribution >= 0.6 is 0 Å². The van der Waals surface area contributed by atoms with Crippen LogP contribution in [0.4, 0.5) is 0 Å². The molecule has 1 spiro atoms. The van der Waals surface area contributed by atoms with Crippen molar-refractivity contribution in [1.29, 1.82) is 0 Å². The van der Waals surface area contributed by atoms with E-state index in [0.717, 1.165) is 47.8 Å². The smallest absolute Gasteiger partial charge is 0.245 e. The molecule has 5 N–H and O–H groups in total. The first-order chi connectivity index (χ1) is 18.5. The van der Waals surface area contributed by atoms with Gasteiger partial charge in [-0.25, -0.2) is 4.98 Å². The van der Waals surface area contributed by atoms with E-state index < -0.39 is 12.1 Å². The number of benzene rings is 2. The number of fused-ring (bicyclic) bond motifs is 3. The Kier molecular flexibility index (Phi) is 6.49. The zero-order valence-electron chi connectivity index (χ0n) is 21.5. The molecule has 1 fully saturated rings. The van der Waals surface area contributed by atoms with Crippen LogP contribution in [0.15, 0.2) is 67.3 Å². The van der Waals surface area contributed by atoms with Gasteiger partial charge in [-0.1, -0.05) is 42.5 Å². The van der Waals surface area contributed by atoms with Gasteiger partial charge in [0.2, 0.25) is 11.8 Å². The molecule has 2 aromatic heterocycles. The molecule has 196 valence electrons. The highest BCUT2D eigenvalue weighted by atomic mass is 16.2. The SMILES string of the molecule is N[C@H](Cc1cnc[nH]1)C(=O)N[C@H](Cc1c[nH]c2ccccc12)C(=O)N1CCC2(CCc3ccccc32)CC1. The quantitative estimate of drug-likeness (QED) is 0.306. The number of nitrogens with two attached hydrogens (primary N) is 1. The molecule has 0 saturated carbocycles. The number of aromatic amines is 2. The number of aromatic nitrogens is 3. The molecule has 1 saturated heterocycles. The van der Waals surface area contributed by atoms with Gasteiger partial charge in [-0.3, -0.25) is 9.59 Å². The Bertz CT molecular complexity index is 1430. The fraction of sp³-hybridized carbons (Fsp3) is 0.367. The van der Waals surface area contributed by atoms with E-state index >= 15 is 0 Å². The van der Waals surface area contributed by atoms with Gasteiger partial charge in [0, 0.05) is 54.9 Å². The number of para-hydroxylation sites is 1. The number of rotatable bonds is 7. The third kappa shape index (κ3) is 4.60. The molecule has 8 nitrogen and oxygen atoms in total. The van der Waals surface area contributed by atoms with Crippen molar-refractivity contribution < 1.29 is 9.59 Å². The number of aryl methyl sites for hydroxylation is 1. The van der Waals surface area contributed by atoms with Crippen LogP contribution in [0.5, 0.6) is 0 Å². The summed E-state index contributed by atoms with van der Waals surface area (Å²) in [6.45, 7) is 1.38. The number of piperidine rings is 1. The van der Waals surface area contributed by atoms with E-state index in [1.807, 2.05) is 35.4 Å². The van der Waals surface area contributed by atoms with E-state index in [0.29, 0.717) is 25.9 Å². The van der Waals surface area contributed by atoms with Gasteiger partial charge in [-0.2, -0.15) is 0 Å². The van der Waals surface area contributed by atoms with E-state index in [-0.39, 0.29) is 17.2 Å². The van der Waals surface area contributed by atoms with E-state index in [9.17, 15) is 9.59 Å². The maximum atomic E-state index is 13.9. The molecule has 4 aromatic rings. The van der Waals surface area contributed by atoms with Crippen LogP contribution in [-0.4, -0.2) is 56.8 Å². The van der Waals surface area contributed by atoms with Gasteiger partial charge in [0.15, 0.2) is 0 Å². The molecule has 1 aliphatic heterocycles. The number of hydrogen-bond acceptors (Lipinski definition) is 4. The number of amides is 2. The lowest BCUT2D eigenvalue weighted by atomic mass is 9.74. The van der Waals surface area contributed by atoms with E-state index in [4.69, 9.17) is 5.73 Å². The predicted octanol–water partition coefficient (Wildman–Crippen LogP) is 2.99. The van der Waals surface area contributed by atoms with Gasteiger partial charge in [0.05, 0.1) is 12.4 Å². The van der Waals surface area contributed by atoms with Crippen molar-refractivity contribution in [3.8, 4) is 0 Å². The Hall–Kier alpha value is -3.91. The topological polar surface area (TPSA) is 120 Å². The van der Waals surface area contributed by atoms with Crippen molar-refractivity contribution in [2.45, 2.75) is 56.0 Å². The Labute approximate surface area is 222 Å². The van der Waals surface area contributed by atoms with Crippen LogP contribution in [0, 0.1) is 0 Å². The largest absolute Gasteiger partial charge is 0.361 e. The number of nitrogens with one attached hydrogen (secondary N) is 3. The Morgan fingerprint density at radius 3 is 2.63 bits per heavy atom. The second kappa shape index (κ2) is 10.1. The number of nitrogens with zero attached hydrogens (tertiary/aromatic N) is 2. The molecule has 38 heavy (non-hydrogen) atoms. The molecular formula is C30H34N6O2. The summed E-state index contributed by atoms with van der Waals surface area (Å²) >= 11 is 0. The highest BCUT2D eigenvalue weighted by Crippen LogP contribution is 2.46. The lowest BCUT2D eigenvalue weighted by Gasteiger charge is -2.41. The van der Waals surface area contributed by atoms with Crippen LogP contribution in [0.1, 0.15) is 41.6 Å². The molecule has 2 aromatic carbocycles. The fourth-order valence-electron chi connectivity index (χ4n) is 6.38. The Morgan fingerprint density at radius 2 is 1.82 bits per heavy atom. The van der Waals surface area contributed by atoms with Crippen LogP contribution in [0.2, 0.25) is 0 Å². The standard InChI is InChI=1S/C30H34N6O2/c31-25(16-22-18-32-19-34-22)28(37)35-27(15-21-17-33-26-8-4-2-6-23(21)26)29(38)36-13-11-30(12-14-36)10-9-20-5-1-3-7-24(20)30/h1-8,17-19,25,27,33H,9-16,31H2,(H,32,34)(H,35,37)/t25-,27-/m1/s1. The number of H-pyrrole nitrogens is 2.